The number of hydrogen-bond acceptors (Lipinski definition) is 3. The summed E-state index contributed by atoms with van der Waals surface area (Å²) < 4.78 is 27.5. The maximum absolute atomic E-state index is 11.9. The molecule has 1 rings (SSSR count). The second-order valence-corrected chi connectivity index (χ2v) is 6.50. The van der Waals surface area contributed by atoms with Crippen LogP contribution in [0.15, 0.2) is 0 Å². The van der Waals surface area contributed by atoms with E-state index in [0.29, 0.717) is 12.8 Å². The molecule has 2 N–H and O–H groups in total. The van der Waals surface area contributed by atoms with Crippen molar-refractivity contribution in [1.82, 2.24) is 9.03 Å². The molecule has 1 saturated heterocycles. The molecule has 17 heavy (non-hydrogen) atoms. The van der Waals surface area contributed by atoms with Crippen LogP contribution in [0.3, 0.4) is 0 Å². The van der Waals surface area contributed by atoms with E-state index in [-0.39, 0.29) is 19.1 Å². The zero-order valence-corrected chi connectivity index (χ0v) is 11.2. The van der Waals surface area contributed by atoms with Gasteiger partial charge >= 0.3 is 5.97 Å². The molecule has 1 aliphatic rings. The van der Waals surface area contributed by atoms with Crippen LogP contribution in [0.1, 0.15) is 33.6 Å². The van der Waals surface area contributed by atoms with Gasteiger partial charge < -0.3 is 5.11 Å². The third kappa shape index (κ3) is 2.97. The van der Waals surface area contributed by atoms with Crippen molar-refractivity contribution in [2.75, 3.05) is 13.1 Å². The maximum Gasteiger partial charge on any atom is 0.311 e. The van der Waals surface area contributed by atoms with Crippen molar-refractivity contribution in [2.45, 2.75) is 39.7 Å². The Labute approximate surface area is 102 Å². The maximum atomic E-state index is 11.9. The molecule has 1 heterocycles. The van der Waals surface area contributed by atoms with Crippen molar-refractivity contribution >= 4 is 16.2 Å². The number of nitrogens with zero attached hydrogens (tertiary/aromatic N) is 1. The van der Waals surface area contributed by atoms with Gasteiger partial charge in [0.1, 0.15) is 0 Å². The second-order valence-electron chi connectivity index (χ2n) is 4.80. The molecule has 0 spiro atoms. The first-order valence-corrected chi connectivity index (χ1v) is 7.18. The van der Waals surface area contributed by atoms with E-state index in [1.165, 1.54) is 4.31 Å². The molecule has 1 fully saturated rings. The molecule has 0 aromatic rings. The van der Waals surface area contributed by atoms with Crippen LogP contribution in [0.25, 0.3) is 0 Å². The number of carboxylic acids is 1. The second kappa shape index (κ2) is 4.91. The molecule has 0 amide bonds. The Balaban J connectivity index is 2.83. The monoisotopic (exact) mass is 264 g/mol. The number of hydrogen-bond donors (Lipinski definition) is 2. The summed E-state index contributed by atoms with van der Waals surface area (Å²) >= 11 is 0. The normalized spacial score (nSPS) is 26.6. The minimum atomic E-state index is -3.55. The molecule has 1 atom stereocenters. The number of rotatable bonds is 5. The van der Waals surface area contributed by atoms with Crippen molar-refractivity contribution in [3.8, 4) is 0 Å². The highest BCUT2D eigenvalue weighted by Crippen LogP contribution is 2.35. The Morgan fingerprint density at radius 1 is 1.53 bits per heavy atom. The molecule has 1 unspecified atom stereocenters. The molecule has 100 valence electrons. The van der Waals surface area contributed by atoms with Gasteiger partial charge in [-0.1, -0.05) is 6.92 Å². The van der Waals surface area contributed by atoms with Crippen LogP contribution in [-0.2, 0) is 15.0 Å². The Morgan fingerprint density at radius 2 is 2.12 bits per heavy atom. The minimum Gasteiger partial charge on any atom is -0.481 e. The van der Waals surface area contributed by atoms with Gasteiger partial charge in [0, 0.05) is 19.1 Å². The highest BCUT2D eigenvalue weighted by Gasteiger charge is 2.46. The summed E-state index contributed by atoms with van der Waals surface area (Å²) in [5.74, 6) is -0.915. The SMILES string of the molecule is CCC1(C(=O)O)CCN(S(=O)(=O)NC(C)C)C1. The molecule has 6 nitrogen and oxygen atoms in total. The van der Waals surface area contributed by atoms with Gasteiger partial charge in [-0.3, -0.25) is 4.79 Å². The van der Waals surface area contributed by atoms with E-state index in [1.807, 2.05) is 0 Å². The third-order valence-electron chi connectivity index (χ3n) is 3.17. The van der Waals surface area contributed by atoms with E-state index in [2.05, 4.69) is 4.72 Å². The summed E-state index contributed by atoms with van der Waals surface area (Å²) in [7, 11) is -3.55. The van der Waals surface area contributed by atoms with Crippen molar-refractivity contribution in [2.24, 2.45) is 5.41 Å². The average Bonchev–Trinajstić information content (AvgIpc) is 2.61. The molecular formula is C10H20N2O4S. The zero-order valence-electron chi connectivity index (χ0n) is 10.4. The summed E-state index contributed by atoms with van der Waals surface area (Å²) in [6.07, 6.45) is 0.813. The van der Waals surface area contributed by atoms with E-state index in [0.717, 1.165) is 0 Å². The first-order chi connectivity index (χ1) is 7.73. The van der Waals surface area contributed by atoms with Crippen LogP contribution in [0.2, 0.25) is 0 Å². The first kappa shape index (κ1) is 14.4. The van der Waals surface area contributed by atoms with Gasteiger partial charge in [-0.15, -0.1) is 0 Å². The standard InChI is InChI=1S/C10H20N2O4S/c1-4-10(9(13)14)5-6-12(7-10)17(15,16)11-8(2)3/h8,11H,4-7H2,1-3H3,(H,13,14). The molecule has 0 radical (unpaired) electrons. The highest BCUT2D eigenvalue weighted by molar-refractivity contribution is 7.87. The van der Waals surface area contributed by atoms with Crippen molar-refractivity contribution < 1.29 is 18.3 Å². The fourth-order valence-corrected chi connectivity index (χ4v) is 3.52. The lowest BCUT2D eigenvalue weighted by Gasteiger charge is -2.23. The quantitative estimate of drug-likeness (QED) is 0.753. The number of nitrogens with one attached hydrogen (secondary N) is 1. The van der Waals surface area contributed by atoms with E-state index >= 15 is 0 Å². The number of aliphatic carboxylic acids is 1. The minimum absolute atomic E-state index is 0.0564. The lowest BCUT2D eigenvalue weighted by atomic mass is 9.85. The van der Waals surface area contributed by atoms with E-state index in [9.17, 15) is 18.3 Å². The fourth-order valence-electron chi connectivity index (χ4n) is 2.03. The Hall–Kier alpha value is -0.660. The lowest BCUT2D eigenvalue weighted by molar-refractivity contribution is -0.148. The van der Waals surface area contributed by atoms with Crippen LogP contribution in [0, 0.1) is 5.41 Å². The summed E-state index contributed by atoms with van der Waals surface area (Å²) in [5.41, 5.74) is -0.925. The van der Waals surface area contributed by atoms with Crippen LogP contribution >= 0.6 is 0 Å². The van der Waals surface area contributed by atoms with Gasteiger partial charge in [0.25, 0.3) is 10.2 Å². The number of carbonyl (C=O) groups is 1. The fraction of sp³-hybridized carbons (Fsp3) is 0.900. The van der Waals surface area contributed by atoms with E-state index in [4.69, 9.17) is 0 Å². The molecule has 0 bridgehead atoms. The zero-order chi connectivity index (χ0) is 13.3. The molecule has 7 heteroatoms. The first-order valence-electron chi connectivity index (χ1n) is 5.74. The Kier molecular flexibility index (Phi) is 4.16. The van der Waals surface area contributed by atoms with E-state index in [1.54, 1.807) is 20.8 Å². The molecule has 0 aromatic heterocycles. The molecule has 1 aliphatic heterocycles. The van der Waals surface area contributed by atoms with Crippen LogP contribution in [0.5, 0.6) is 0 Å². The third-order valence-corrected chi connectivity index (χ3v) is 4.93. The molecule has 0 saturated carbocycles. The van der Waals surface area contributed by atoms with Crippen molar-refractivity contribution in [3.63, 3.8) is 0 Å². The topological polar surface area (TPSA) is 86.7 Å². The van der Waals surface area contributed by atoms with Crippen LogP contribution in [-0.4, -0.2) is 42.9 Å². The molecular weight excluding hydrogens is 244 g/mol. The van der Waals surface area contributed by atoms with Crippen LogP contribution < -0.4 is 4.72 Å². The van der Waals surface area contributed by atoms with Gasteiger partial charge in [0.2, 0.25) is 0 Å². The summed E-state index contributed by atoms with van der Waals surface area (Å²) in [6, 6.07) is -0.193. The van der Waals surface area contributed by atoms with Crippen molar-refractivity contribution in [3.05, 3.63) is 0 Å². The van der Waals surface area contributed by atoms with Gasteiger partial charge in [-0.25, -0.2) is 0 Å². The van der Waals surface area contributed by atoms with Gasteiger partial charge in [-0.2, -0.15) is 17.4 Å². The molecule has 0 aliphatic carbocycles. The molecule has 0 aromatic carbocycles. The van der Waals surface area contributed by atoms with E-state index < -0.39 is 21.6 Å². The van der Waals surface area contributed by atoms with Crippen molar-refractivity contribution in [1.29, 1.82) is 0 Å². The largest absolute Gasteiger partial charge is 0.481 e. The van der Waals surface area contributed by atoms with Gasteiger partial charge in [0.15, 0.2) is 0 Å². The average molecular weight is 264 g/mol. The van der Waals surface area contributed by atoms with Gasteiger partial charge in [-0.05, 0) is 26.7 Å². The summed E-state index contributed by atoms with van der Waals surface area (Å²) in [4.78, 5) is 11.2. The summed E-state index contributed by atoms with van der Waals surface area (Å²) in [5, 5.41) is 9.19. The van der Waals surface area contributed by atoms with Gasteiger partial charge in [0.05, 0.1) is 5.41 Å². The Morgan fingerprint density at radius 3 is 2.47 bits per heavy atom. The smallest absolute Gasteiger partial charge is 0.311 e. The Bertz CT molecular complexity index is 393. The van der Waals surface area contributed by atoms with Crippen LogP contribution in [0.4, 0.5) is 0 Å². The summed E-state index contributed by atoms with van der Waals surface area (Å²) in [6.45, 7) is 5.57. The lowest BCUT2D eigenvalue weighted by Crippen LogP contribution is -2.44. The number of carboxylic acid groups (broad SMARTS) is 1. The predicted octanol–water partition coefficient (Wildman–Crippen LogP) is 0.416. The highest BCUT2D eigenvalue weighted by atomic mass is 32.2. The predicted molar refractivity (Wildman–Crippen MR) is 63.7 cm³/mol.